The van der Waals surface area contributed by atoms with Gasteiger partial charge < -0.3 is 19.7 Å². The van der Waals surface area contributed by atoms with E-state index in [1.807, 2.05) is 0 Å². The third-order valence-corrected chi connectivity index (χ3v) is 4.96. The van der Waals surface area contributed by atoms with E-state index in [2.05, 4.69) is 19.2 Å². The van der Waals surface area contributed by atoms with Gasteiger partial charge in [-0.05, 0) is 55.7 Å². The number of fused-ring (bicyclic) bond motifs is 1. The van der Waals surface area contributed by atoms with E-state index in [0.717, 1.165) is 6.42 Å². The lowest BCUT2D eigenvalue weighted by Crippen LogP contribution is -2.30. The summed E-state index contributed by atoms with van der Waals surface area (Å²) in [6, 6.07) is 13.1. The second kappa shape index (κ2) is 9.47. The lowest BCUT2D eigenvalue weighted by atomic mass is 10.1. The molecule has 3 aromatic rings. The summed E-state index contributed by atoms with van der Waals surface area (Å²) < 4.78 is 6.48. The predicted octanol–water partition coefficient (Wildman–Crippen LogP) is 4.18. The van der Waals surface area contributed by atoms with Crippen LogP contribution in [0.3, 0.4) is 0 Å². The first-order valence-corrected chi connectivity index (χ1v) is 10.3. The highest BCUT2D eigenvalue weighted by Crippen LogP contribution is 2.27. The molecule has 0 aliphatic heterocycles. The number of carbonyl (C=O) groups excluding carboxylic acids is 2. The number of nitrogens with zero attached hydrogens (tertiary/aromatic N) is 1. The first kappa shape index (κ1) is 22.1. The molecule has 1 aromatic heterocycles. The summed E-state index contributed by atoms with van der Waals surface area (Å²) in [7, 11) is 0. The minimum absolute atomic E-state index is 0.266. The number of aromatic hydroxyl groups is 1. The van der Waals surface area contributed by atoms with E-state index in [1.54, 1.807) is 43.3 Å². The highest BCUT2D eigenvalue weighted by molar-refractivity contribution is 6.09. The molecule has 1 heterocycles. The van der Waals surface area contributed by atoms with Gasteiger partial charge in [-0.3, -0.25) is 9.59 Å². The zero-order chi connectivity index (χ0) is 22.5. The van der Waals surface area contributed by atoms with Crippen molar-refractivity contribution in [2.75, 3.05) is 11.9 Å². The zero-order valence-electron chi connectivity index (χ0n) is 17.8. The topological polar surface area (TPSA) is 97.6 Å². The average Bonchev–Trinajstić information content (AvgIpc) is 2.74. The smallest absolute Gasteiger partial charge is 0.338 e. The van der Waals surface area contributed by atoms with Gasteiger partial charge in [-0.25, -0.2) is 4.79 Å². The summed E-state index contributed by atoms with van der Waals surface area (Å²) in [6.45, 7) is 6.53. The van der Waals surface area contributed by atoms with Crippen LogP contribution in [-0.2, 0) is 11.3 Å². The number of rotatable bonds is 7. The molecule has 2 aromatic carbocycles. The number of hydrogen-bond donors (Lipinski definition) is 2. The Morgan fingerprint density at radius 3 is 2.42 bits per heavy atom. The van der Waals surface area contributed by atoms with Crippen LogP contribution in [0.4, 0.5) is 5.69 Å². The molecule has 0 aliphatic rings. The molecule has 3 rings (SSSR count). The van der Waals surface area contributed by atoms with E-state index in [9.17, 15) is 19.5 Å². The van der Waals surface area contributed by atoms with Crippen molar-refractivity contribution >= 4 is 28.5 Å². The Kier molecular flexibility index (Phi) is 6.74. The van der Waals surface area contributed by atoms with Gasteiger partial charge in [-0.2, -0.15) is 0 Å². The molecular weight excluding hydrogens is 396 g/mol. The van der Waals surface area contributed by atoms with Crippen molar-refractivity contribution in [3.05, 3.63) is 70.0 Å². The van der Waals surface area contributed by atoms with Crippen molar-refractivity contribution in [3.8, 4) is 5.75 Å². The standard InChI is InChI=1S/C24H26N2O5/c1-4-31-24(30)16-9-11-17(12-10-16)25-22(28)20-21(27)18-7-5-6-8-19(18)26(23(20)29)14-13-15(2)3/h5-12,15,27H,4,13-14H2,1-3H3,(H,25,28). The largest absolute Gasteiger partial charge is 0.506 e. The van der Waals surface area contributed by atoms with Crippen LogP contribution in [0.15, 0.2) is 53.3 Å². The fourth-order valence-electron chi connectivity index (χ4n) is 3.30. The van der Waals surface area contributed by atoms with Crippen LogP contribution in [-0.4, -0.2) is 28.2 Å². The number of amides is 1. The van der Waals surface area contributed by atoms with Crippen LogP contribution >= 0.6 is 0 Å². The maximum absolute atomic E-state index is 13.1. The van der Waals surface area contributed by atoms with Crippen molar-refractivity contribution < 1.29 is 19.4 Å². The number of nitrogens with one attached hydrogen (secondary N) is 1. The van der Waals surface area contributed by atoms with Gasteiger partial charge in [0.15, 0.2) is 0 Å². The van der Waals surface area contributed by atoms with Crippen molar-refractivity contribution in [1.82, 2.24) is 4.57 Å². The van der Waals surface area contributed by atoms with Crippen molar-refractivity contribution in [3.63, 3.8) is 0 Å². The molecule has 0 aliphatic carbocycles. The Morgan fingerprint density at radius 2 is 1.77 bits per heavy atom. The molecule has 0 saturated carbocycles. The van der Waals surface area contributed by atoms with E-state index in [1.165, 1.54) is 16.7 Å². The Bertz CT molecular complexity index is 1160. The molecule has 31 heavy (non-hydrogen) atoms. The third-order valence-electron chi connectivity index (χ3n) is 4.96. The Balaban J connectivity index is 1.97. The number of aromatic nitrogens is 1. The second-order valence-corrected chi connectivity index (χ2v) is 7.63. The van der Waals surface area contributed by atoms with Crippen LogP contribution < -0.4 is 10.9 Å². The van der Waals surface area contributed by atoms with E-state index in [-0.39, 0.29) is 17.9 Å². The average molecular weight is 422 g/mol. The van der Waals surface area contributed by atoms with Crippen LogP contribution in [0.2, 0.25) is 0 Å². The highest BCUT2D eigenvalue weighted by atomic mass is 16.5. The normalized spacial score (nSPS) is 11.0. The van der Waals surface area contributed by atoms with Gasteiger partial charge in [0.05, 0.1) is 17.7 Å². The van der Waals surface area contributed by atoms with E-state index < -0.39 is 17.4 Å². The molecular formula is C24H26N2O5. The minimum Gasteiger partial charge on any atom is -0.506 e. The SMILES string of the molecule is CCOC(=O)c1ccc(NC(=O)c2c(O)c3ccccc3n(CCC(C)C)c2=O)cc1. The quantitative estimate of drug-likeness (QED) is 0.557. The summed E-state index contributed by atoms with van der Waals surface area (Å²) in [5.41, 5.74) is 0.471. The molecule has 0 fully saturated rings. The van der Waals surface area contributed by atoms with Gasteiger partial charge in [0, 0.05) is 17.6 Å². The van der Waals surface area contributed by atoms with Crippen molar-refractivity contribution in [2.45, 2.75) is 33.7 Å². The van der Waals surface area contributed by atoms with Crippen LogP contribution in [0.5, 0.6) is 5.75 Å². The number of benzene rings is 2. The van der Waals surface area contributed by atoms with E-state index in [0.29, 0.717) is 34.6 Å². The third kappa shape index (κ3) is 4.77. The van der Waals surface area contributed by atoms with Crippen LogP contribution in [0, 0.1) is 5.92 Å². The fraction of sp³-hybridized carbons (Fsp3) is 0.292. The highest BCUT2D eigenvalue weighted by Gasteiger charge is 2.22. The number of pyridine rings is 1. The molecule has 2 N–H and O–H groups in total. The molecule has 0 spiro atoms. The Morgan fingerprint density at radius 1 is 1.10 bits per heavy atom. The molecule has 162 valence electrons. The van der Waals surface area contributed by atoms with Gasteiger partial charge in [0.2, 0.25) is 0 Å². The summed E-state index contributed by atoms with van der Waals surface area (Å²) in [6.07, 6.45) is 0.755. The number of aryl methyl sites for hydroxylation is 1. The number of ether oxygens (including phenoxy) is 1. The first-order chi connectivity index (χ1) is 14.8. The zero-order valence-corrected chi connectivity index (χ0v) is 17.8. The Labute approximate surface area is 180 Å². The summed E-state index contributed by atoms with van der Waals surface area (Å²) in [5.74, 6) is -1.15. The molecule has 7 heteroatoms. The van der Waals surface area contributed by atoms with Crippen LogP contribution in [0.1, 0.15) is 47.9 Å². The lowest BCUT2D eigenvalue weighted by Gasteiger charge is -2.16. The minimum atomic E-state index is -0.713. The van der Waals surface area contributed by atoms with Gasteiger partial charge in [-0.15, -0.1) is 0 Å². The first-order valence-electron chi connectivity index (χ1n) is 10.3. The van der Waals surface area contributed by atoms with Crippen molar-refractivity contribution in [2.24, 2.45) is 5.92 Å². The maximum atomic E-state index is 13.1. The molecule has 0 saturated heterocycles. The number of hydrogen-bond acceptors (Lipinski definition) is 5. The molecule has 0 radical (unpaired) electrons. The van der Waals surface area contributed by atoms with Gasteiger partial charge in [-0.1, -0.05) is 26.0 Å². The van der Waals surface area contributed by atoms with Gasteiger partial charge in [0.25, 0.3) is 11.5 Å². The second-order valence-electron chi connectivity index (χ2n) is 7.63. The number of carbonyl (C=O) groups is 2. The fourth-order valence-corrected chi connectivity index (χ4v) is 3.30. The van der Waals surface area contributed by atoms with Crippen LogP contribution in [0.25, 0.3) is 10.9 Å². The van der Waals surface area contributed by atoms with Gasteiger partial charge >= 0.3 is 5.97 Å². The van der Waals surface area contributed by atoms with E-state index >= 15 is 0 Å². The number of esters is 1. The molecule has 0 unspecified atom stereocenters. The monoisotopic (exact) mass is 422 g/mol. The molecule has 1 amide bonds. The summed E-state index contributed by atoms with van der Waals surface area (Å²) in [5, 5.41) is 13.8. The Hall–Kier alpha value is -3.61. The predicted molar refractivity (Wildman–Crippen MR) is 120 cm³/mol. The van der Waals surface area contributed by atoms with Crippen molar-refractivity contribution in [1.29, 1.82) is 0 Å². The van der Waals surface area contributed by atoms with Gasteiger partial charge in [0.1, 0.15) is 11.3 Å². The van der Waals surface area contributed by atoms with E-state index in [4.69, 9.17) is 4.74 Å². The number of para-hydroxylation sites is 1. The summed E-state index contributed by atoms with van der Waals surface area (Å²) in [4.78, 5) is 37.9. The molecule has 0 atom stereocenters. The number of anilines is 1. The maximum Gasteiger partial charge on any atom is 0.338 e. The molecule has 0 bridgehead atoms. The summed E-state index contributed by atoms with van der Waals surface area (Å²) >= 11 is 0. The lowest BCUT2D eigenvalue weighted by molar-refractivity contribution is 0.0526. The molecule has 7 nitrogen and oxygen atoms in total.